The van der Waals surface area contributed by atoms with E-state index in [1.54, 1.807) is 24.3 Å². The number of benzene rings is 1. The van der Waals surface area contributed by atoms with Crippen molar-refractivity contribution < 1.29 is 14.4 Å². The van der Waals surface area contributed by atoms with Crippen molar-refractivity contribution in [1.29, 1.82) is 0 Å². The molecule has 0 spiro atoms. The second-order valence-electron chi connectivity index (χ2n) is 5.66. The Morgan fingerprint density at radius 1 is 1.08 bits per heavy atom. The van der Waals surface area contributed by atoms with Gasteiger partial charge < -0.3 is 4.90 Å². The van der Waals surface area contributed by atoms with Crippen LogP contribution in [0.4, 0.5) is 16.2 Å². The molecule has 7 heteroatoms. The standard InChI is InChI=1S/C18H16N4O3/c1-21(2)13-7-5-12(6-8-13)10-15-16(23)20-18(25)22(17(15)24)14-4-3-9-19-11-14/h3-11H,1-2H3,(H,20,23,25). The van der Waals surface area contributed by atoms with Gasteiger partial charge in [0.15, 0.2) is 0 Å². The summed E-state index contributed by atoms with van der Waals surface area (Å²) in [6, 6.07) is 9.74. The Balaban J connectivity index is 1.96. The summed E-state index contributed by atoms with van der Waals surface area (Å²) in [4.78, 5) is 43.6. The minimum Gasteiger partial charge on any atom is -0.378 e. The highest BCUT2D eigenvalue weighted by molar-refractivity contribution is 6.39. The zero-order valence-electron chi connectivity index (χ0n) is 13.8. The number of imide groups is 2. The van der Waals surface area contributed by atoms with Crippen LogP contribution in [0, 0.1) is 0 Å². The van der Waals surface area contributed by atoms with Gasteiger partial charge in [0.1, 0.15) is 5.57 Å². The molecule has 0 atom stereocenters. The summed E-state index contributed by atoms with van der Waals surface area (Å²) in [7, 11) is 3.84. The van der Waals surface area contributed by atoms with Gasteiger partial charge in [-0.05, 0) is 35.9 Å². The Hall–Kier alpha value is -3.48. The predicted molar refractivity (Wildman–Crippen MR) is 94.0 cm³/mol. The van der Waals surface area contributed by atoms with Crippen LogP contribution in [0.25, 0.3) is 6.08 Å². The molecule has 0 bridgehead atoms. The number of amides is 4. The lowest BCUT2D eigenvalue weighted by Gasteiger charge is -2.26. The maximum absolute atomic E-state index is 12.7. The molecule has 0 saturated carbocycles. The zero-order valence-corrected chi connectivity index (χ0v) is 13.8. The fourth-order valence-corrected chi connectivity index (χ4v) is 2.41. The van der Waals surface area contributed by atoms with Crippen LogP contribution in [0.15, 0.2) is 54.4 Å². The van der Waals surface area contributed by atoms with Gasteiger partial charge in [0.25, 0.3) is 11.8 Å². The summed E-state index contributed by atoms with van der Waals surface area (Å²) < 4.78 is 0. The van der Waals surface area contributed by atoms with E-state index < -0.39 is 17.8 Å². The predicted octanol–water partition coefficient (Wildman–Crippen LogP) is 1.81. The van der Waals surface area contributed by atoms with E-state index in [-0.39, 0.29) is 5.57 Å². The molecule has 1 saturated heterocycles. The number of aromatic nitrogens is 1. The highest BCUT2D eigenvalue weighted by atomic mass is 16.2. The topological polar surface area (TPSA) is 82.6 Å². The molecule has 1 aliphatic heterocycles. The summed E-state index contributed by atoms with van der Waals surface area (Å²) in [6.45, 7) is 0. The van der Waals surface area contributed by atoms with Crippen molar-refractivity contribution >= 4 is 35.3 Å². The van der Waals surface area contributed by atoms with Crippen molar-refractivity contribution in [1.82, 2.24) is 10.3 Å². The number of hydrogen-bond acceptors (Lipinski definition) is 5. The first-order valence-electron chi connectivity index (χ1n) is 7.56. The van der Waals surface area contributed by atoms with E-state index in [0.717, 1.165) is 10.6 Å². The van der Waals surface area contributed by atoms with Crippen molar-refractivity contribution in [2.45, 2.75) is 0 Å². The van der Waals surface area contributed by atoms with E-state index in [1.807, 2.05) is 31.1 Å². The monoisotopic (exact) mass is 336 g/mol. The zero-order chi connectivity index (χ0) is 18.0. The van der Waals surface area contributed by atoms with Crippen molar-refractivity contribution in [3.63, 3.8) is 0 Å². The fourth-order valence-electron chi connectivity index (χ4n) is 2.41. The van der Waals surface area contributed by atoms with E-state index in [1.165, 1.54) is 18.5 Å². The number of rotatable bonds is 3. The summed E-state index contributed by atoms with van der Waals surface area (Å²) in [5, 5.41) is 2.18. The van der Waals surface area contributed by atoms with Crippen molar-refractivity contribution in [2.24, 2.45) is 0 Å². The SMILES string of the molecule is CN(C)c1ccc(C=C2C(=O)NC(=O)N(c3cccnc3)C2=O)cc1. The van der Waals surface area contributed by atoms with Gasteiger partial charge in [0, 0.05) is 26.0 Å². The summed E-state index contributed by atoms with van der Waals surface area (Å²) in [5.41, 5.74) is 1.87. The molecule has 4 amide bonds. The number of carbonyl (C=O) groups is 3. The van der Waals surface area contributed by atoms with Gasteiger partial charge in [-0.25, -0.2) is 9.69 Å². The number of barbiturate groups is 1. The first-order valence-corrected chi connectivity index (χ1v) is 7.56. The number of nitrogens with zero attached hydrogens (tertiary/aromatic N) is 3. The van der Waals surface area contributed by atoms with Crippen LogP contribution >= 0.6 is 0 Å². The Labute approximate surface area is 144 Å². The lowest BCUT2D eigenvalue weighted by molar-refractivity contribution is -0.122. The number of anilines is 2. The fraction of sp³-hybridized carbons (Fsp3) is 0.111. The van der Waals surface area contributed by atoms with Crippen LogP contribution in [0.1, 0.15) is 5.56 Å². The molecule has 1 aliphatic rings. The molecular weight excluding hydrogens is 320 g/mol. The smallest absolute Gasteiger partial charge is 0.336 e. The van der Waals surface area contributed by atoms with Gasteiger partial charge in [-0.1, -0.05) is 12.1 Å². The number of hydrogen-bond donors (Lipinski definition) is 1. The second-order valence-corrected chi connectivity index (χ2v) is 5.66. The number of urea groups is 1. The average Bonchev–Trinajstić information content (AvgIpc) is 2.60. The normalized spacial score (nSPS) is 16.2. The third-order valence-corrected chi connectivity index (χ3v) is 3.73. The molecule has 1 aromatic heterocycles. The third kappa shape index (κ3) is 3.25. The van der Waals surface area contributed by atoms with Gasteiger partial charge in [-0.15, -0.1) is 0 Å². The molecule has 1 N–H and O–H groups in total. The number of nitrogens with one attached hydrogen (secondary N) is 1. The van der Waals surface area contributed by atoms with Crippen LogP contribution < -0.4 is 15.1 Å². The van der Waals surface area contributed by atoms with E-state index in [9.17, 15) is 14.4 Å². The highest BCUT2D eigenvalue weighted by Crippen LogP contribution is 2.21. The molecule has 1 fully saturated rings. The molecule has 2 aromatic rings. The molecule has 0 aliphatic carbocycles. The molecule has 25 heavy (non-hydrogen) atoms. The summed E-state index contributed by atoms with van der Waals surface area (Å²) in [5.74, 6) is -1.40. The molecule has 126 valence electrons. The van der Waals surface area contributed by atoms with Gasteiger partial charge >= 0.3 is 6.03 Å². The summed E-state index contributed by atoms with van der Waals surface area (Å²) in [6.07, 6.45) is 4.38. The van der Waals surface area contributed by atoms with Gasteiger partial charge in [0.05, 0.1) is 11.9 Å². The first kappa shape index (κ1) is 16.4. The Kier molecular flexibility index (Phi) is 4.30. The van der Waals surface area contributed by atoms with Crippen molar-refractivity contribution in [3.05, 3.63) is 59.9 Å². The van der Waals surface area contributed by atoms with Crippen LogP contribution in [0.2, 0.25) is 0 Å². The van der Waals surface area contributed by atoms with Gasteiger partial charge in [0.2, 0.25) is 0 Å². The van der Waals surface area contributed by atoms with Crippen molar-refractivity contribution in [2.75, 3.05) is 23.9 Å². The lowest BCUT2D eigenvalue weighted by atomic mass is 10.1. The summed E-state index contributed by atoms with van der Waals surface area (Å²) >= 11 is 0. The minimum absolute atomic E-state index is 0.110. The quantitative estimate of drug-likeness (QED) is 0.683. The highest BCUT2D eigenvalue weighted by Gasteiger charge is 2.36. The molecule has 2 heterocycles. The van der Waals surface area contributed by atoms with E-state index in [2.05, 4.69) is 10.3 Å². The first-order chi connectivity index (χ1) is 12.0. The molecule has 0 radical (unpaired) electrons. The third-order valence-electron chi connectivity index (χ3n) is 3.73. The van der Waals surface area contributed by atoms with E-state index in [0.29, 0.717) is 11.3 Å². The second kappa shape index (κ2) is 6.56. The maximum atomic E-state index is 12.7. The lowest BCUT2D eigenvalue weighted by Crippen LogP contribution is -2.54. The van der Waals surface area contributed by atoms with Crippen LogP contribution in [-0.4, -0.2) is 36.9 Å². The Morgan fingerprint density at radius 3 is 2.40 bits per heavy atom. The van der Waals surface area contributed by atoms with E-state index >= 15 is 0 Å². The molecule has 7 nitrogen and oxygen atoms in total. The maximum Gasteiger partial charge on any atom is 0.336 e. The average molecular weight is 336 g/mol. The van der Waals surface area contributed by atoms with Crippen LogP contribution in [0.3, 0.4) is 0 Å². The van der Waals surface area contributed by atoms with Crippen molar-refractivity contribution in [3.8, 4) is 0 Å². The Morgan fingerprint density at radius 2 is 1.80 bits per heavy atom. The minimum atomic E-state index is -0.789. The largest absolute Gasteiger partial charge is 0.378 e. The Bertz CT molecular complexity index is 858. The van der Waals surface area contributed by atoms with Gasteiger partial charge in [-0.2, -0.15) is 0 Å². The van der Waals surface area contributed by atoms with Gasteiger partial charge in [-0.3, -0.25) is 19.9 Å². The molecule has 1 aromatic carbocycles. The van der Waals surface area contributed by atoms with Crippen LogP contribution in [-0.2, 0) is 9.59 Å². The van der Waals surface area contributed by atoms with Crippen LogP contribution in [0.5, 0.6) is 0 Å². The number of pyridine rings is 1. The molecule has 0 unspecified atom stereocenters. The molecular formula is C18H16N4O3. The molecule has 3 rings (SSSR count). The van der Waals surface area contributed by atoms with E-state index in [4.69, 9.17) is 0 Å². The number of carbonyl (C=O) groups excluding carboxylic acids is 3.